The third-order valence-corrected chi connectivity index (χ3v) is 5.14. The van der Waals surface area contributed by atoms with Crippen molar-refractivity contribution >= 4 is 16.0 Å². The molecule has 0 N–H and O–H groups in total. The second kappa shape index (κ2) is 10.2. The minimum absolute atomic E-state index is 0.192. The van der Waals surface area contributed by atoms with E-state index in [-0.39, 0.29) is 11.7 Å². The minimum Gasteiger partial charge on any atom is -0.497 e. The molecule has 0 aromatic heterocycles. The van der Waals surface area contributed by atoms with Crippen molar-refractivity contribution in [3.63, 3.8) is 0 Å². The zero-order valence-electron chi connectivity index (χ0n) is 18.1. The zero-order chi connectivity index (χ0) is 23.1. The molecule has 0 bridgehead atoms. The maximum Gasteiger partial charge on any atom is 0.306 e. The van der Waals surface area contributed by atoms with Gasteiger partial charge in [0.15, 0.2) is 0 Å². The molecule has 0 saturated heterocycles. The van der Waals surface area contributed by atoms with E-state index in [0.717, 1.165) is 17.4 Å². The molecule has 8 heteroatoms. The second-order valence-corrected chi connectivity index (χ2v) is 8.75. The van der Waals surface area contributed by atoms with Gasteiger partial charge in [0.25, 0.3) is 5.91 Å². The fourth-order valence-electron chi connectivity index (χ4n) is 3.16. The van der Waals surface area contributed by atoms with E-state index in [4.69, 9.17) is 13.7 Å². The Labute approximate surface area is 188 Å². The van der Waals surface area contributed by atoms with Crippen molar-refractivity contribution in [2.75, 3.05) is 20.5 Å². The molecule has 0 aliphatic carbocycles. The van der Waals surface area contributed by atoms with Gasteiger partial charge in [0.2, 0.25) is 0 Å². The van der Waals surface area contributed by atoms with Crippen LogP contribution in [0, 0.1) is 0 Å². The predicted molar refractivity (Wildman–Crippen MR) is 121 cm³/mol. The van der Waals surface area contributed by atoms with Gasteiger partial charge in [-0.2, -0.15) is 8.42 Å². The predicted octanol–water partition coefficient (Wildman–Crippen LogP) is 3.88. The molecule has 0 fully saturated rings. The van der Waals surface area contributed by atoms with Crippen LogP contribution in [0.15, 0.2) is 72.8 Å². The van der Waals surface area contributed by atoms with Gasteiger partial charge in [0.05, 0.1) is 20.5 Å². The van der Waals surface area contributed by atoms with E-state index in [0.29, 0.717) is 30.2 Å². The largest absolute Gasteiger partial charge is 0.497 e. The van der Waals surface area contributed by atoms with Gasteiger partial charge in [-0.15, -0.1) is 0 Å². The number of benzene rings is 3. The molecule has 7 nitrogen and oxygen atoms in total. The van der Waals surface area contributed by atoms with Crippen LogP contribution in [0.4, 0.5) is 0 Å². The summed E-state index contributed by atoms with van der Waals surface area (Å²) < 4.78 is 38.1. The van der Waals surface area contributed by atoms with Crippen molar-refractivity contribution in [3.05, 3.63) is 89.5 Å². The fourth-order valence-corrected chi connectivity index (χ4v) is 3.62. The first kappa shape index (κ1) is 23.1. The Morgan fingerprint density at radius 3 is 1.81 bits per heavy atom. The zero-order valence-corrected chi connectivity index (χ0v) is 19.0. The fraction of sp³-hybridized carbons (Fsp3) is 0.208. The SMILES string of the molecule is COc1cc(OC)cc(C(=O)N(Cc2ccccc2)Cc2ccc(OS(C)(=O)=O)cc2)c1. The smallest absolute Gasteiger partial charge is 0.306 e. The van der Waals surface area contributed by atoms with E-state index in [1.54, 1.807) is 47.4 Å². The normalized spacial score (nSPS) is 11.0. The van der Waals surface area contributed by atoms with Crippen LogP contribution >= 0.6 is 0 Å². The highest BCUT2D eigenvalue weighted by Gasteiger charge is 2.19. The number of rotatable bonds is 9. The van der Waals surface area contributed by atoms with Crippen LogP contribution in [-0.4, -0.2) is 39.7 Å². The van der Waals surface area contributed by atoms with Crippen molar-refractivity contribution in [3.8, 4) is 17.2 Å². The Morgan fingerprint density at radius 2 is 1.31 bits per heavy atom. The van der Waals surface area contributed by atoms with E-state index in [9.17, 15) is 13.2 Å². The molecule has 1 amide bonds. The molecular weight excluding hydrogens is 430 g/mol. The third-order valence-electron chi connectivity index (χ3n) is 4.65. The maximum absolute atomic E-state index is 13.5. The Hall–Kier alpha value is -3.52. The lowest BCUT2D eigenvalue weighted by atomic mass is 10.1. The van der Waals surface area contributed by atoms with Crippen LogP contribution in [0.1, 0.15) is 21.5 Å². The molecule has 0 aliphatic rings. The number of ether oxygens (including phenoxy) is 2. The van der Waals surface area contributed by atoms with E-state index in [1.165, 1.54) is 14.2 Å². The summed E-state index contributed by atoms with van der Waals surface area (Å²) in [7, 11) is -0.539. The van der Waals surface area contributed by atoms with Crippen molar-refractivity contribution in [2.24, 2.45) is 0 Å². The molecule has 32 heavy (non-hydrogen) atoms. The highest BCUT2D eigenvalue weighted by molar-refractivity contribution is 7.86. The maximum atomic E-state index is 13.5. The number of hydrogen-bond acceptors (Lipinski definition) is 6. The summed E-state index contributed by atoms with van der Waals surface area (Å²) in [6, 6.07) is 21.3. The highest BCUT2D eigenvalue weighted by Crippen LogP contribution is 2.25. The summed E-state index contributed by atoms with van der Waals surface area (Å²) in [6.45, 7) is 0.702. The first-order chi connectivity index (χ1) is 15.3. The molecule has 0 unspecified atom stereocenters. The van der Waals surface area contributed by atoms with Crippen LogP contribution < -0.4 is 13.7 Å². The summed E-state index contributed by atoms with van der Waals surface area (Å²) in [5.74, 6) is 1.07. The molecule has 0 spiro atoms. The Morgan fingerprint density at radius 1 is 0.781 bits per heavy atom. The monoisotopic (exact) mass is 455 g/mol. The molecule has 0 radical (unpaired) electrons. The topological polar surface area (TPSA) is 82.1 Å². The lowest BCUT2D eigenvalue weighted by Gasteiger charge is -2.24. The van der Waals surface area contributed by atoms with Crippen LogP contribution in [0.2, 0.25) is 0 Å². The first-order valence-electron chi connectivity index (χ1n) is 9.82. The van der Waals surface area contributed by atoms with E-state index in [1.807, 2.05) is 30.3 Å². The molecule has 168 valence electrons. The van der Waals surface area contributed by atoms with Gasteiger partial charge in [-0.05, 0) is 35.4 Å². The van der Waals surface area contributed by atoms with Gasteiger partial charge < -0.3 is 18.6 Å². The van der Waals surface area contributed by atoms with Crippen LogP contribution in [0.3, 0.4) is 0 Å². The summed E-state index contributed by atoms with van der Waals surface area (Å²) >= 11 is 0. The molecule has 3 rings (SSSR count). The van der Waals surface area contributed by atoms with E-state index in [2.05, 4.69) is 0 Å². The van der Waals surface area contributed by atoms with Gasteiger partial charge in [-0.3, -0.25) is 4.79 Å². The number of methoxy groups -OCH3 is 2. The van der Waals surface area contributed by atoms with Crippen LogP contribution in [0.25, 0.3) is 0 Å². The summed E-state index contributed by atoms with van der Waals surface area (Å²) in [5, 5.41) is 0. The molecule has 0 heterocycles. The lowest BCUT2D eigenvalue weighted by molar-refractivity contribution is 0.0729. The third kappa shape index (κ3) is 6.49. The van der Waals surface area contributed by atoms with Crippen molar-refractivity contribution in [1.82, 2.24) is 4.90 Å². The number of amides is 1. The first-order valence-corrected chi connectivity index (χ1v) is 11.6. The lowest BCUT2D eigenvalue weighted by Crippen LogP contribution is -2.30. The highest BCUT2D eigenvalue weighted by atomic mass is 32.2. The molecule has 0 saturated carbocycles. The van der Waals surface area contributed by atoms with Crippen LogP contribution in [-0.2, 0) is 23.2 Å². The number of nitrogens with zero attached hydrogens (tertiary/aromatic N) is 1. The van der Waals surface area contributed by atoms with E-state index >= 15 is 0 Å². The molecule has 3 aromatic carbocycles. The van der Waals surface area contributed by atoms with Gasteiger partial charge in [-0.25, -0.2) is 0 Å². The number of carbonyl (C=O) groups excluding carboxylic acids is 1. The van der Waals surface area contributed by atoms with Crippen molar-refractivity contribution < 1.29 is 26.9 Å². The van der Waals surface area contributed by atoms with Gasteiger partial charge in [0, 0.05) is 24.7 Å². The summed E-state index contributed by atoms with van der Waals surface area (Å²) in [5.41, 5.74) is 2.24. The van der Waals surface area contributed by atoms with Gasteiger partial charge in [-0.1, -0.05) is 42.5 Å². The van der Waals surface area contributed by atoms with Crippen molar-refractivity contribution in [1.29, 1.82) is 0 Å². The molecule has 0 aliphatic heterocycles. The molecular formula is C24H25NO6S. The Kier molecular flexibility index (Phi) is 7.37. The number of carbonyl (C=O) groups is 1. The molecule has 0 atom stereocenters. The number of hydrogen-bond donors (Lipinski definition) is 0. The minimum atomic E-state index is -3.60. The molecule has 3 aromatic rings. The van der Waals surface area contributed by atoms with E-state index < -0.39 is 10.1 Å². The standard InChI is InChI=1S/C24H25NO6S/c1-29-22-13-20(14-23(15-22)30-2)24(26)25(16-18-7-5-4-6-8-18)17-19-9-11-21(12-10-19)31-32(3,27)28/h4-15H,16-17H2,1-3H3. The summed E-state index contributed by atoms with van der Waals surface area (Å²) in [4.78, 5) is 15.2. The van der Waals surface area contributed by atoms with Gasteiger partial charge >= 0.3 is 10.1 Å². The van der Waals surface area contributed by atoms with Gasteiger partial charge in [0.1, 0.15) is 17.2 Å². The Bertz CT molecular complexity index is 1140. The summed E-state index contributed by atoms with van der Waals surface area (Å²) in [6.07, 6.45) is 0.990. The average molecular weight is 456 g/mol. The van der Waals surface area contributed by atoms with Crippen LogP contribution in [0.5, 0.6) is 17.2 Å². The Balaban J connectivity index is 1.89. The quantitative estimate of drug-likeness (QED) is 0.456. The second-order valence-electron chi connectivity index (χ2n) is 7.18. The average Bonchev–Trinajstić information content (AvgIpc) is 2.78. The van der Waals surface area contributed by atoms with Crippen molar-refractivity contribution in [2.45, 2.75) is 13.1 Å².